The molecule has 3 heteroatoms. The van der Waals surface area contributed by atoms with Crippen LogP contribution in [0.2, 0.25) is 0 Å². The predicted octanol–water partition coefficient (Wildman–Crippen LogP) is 3.37. The minimum Gasteiger partial charge on any atom is -0.321 e. The molecule has 0 saturated heterocycles. The van der Waals surface area contributed by atoms with Crippen LogP contribution in [0.3, 0.4) is 0 Å². The van der Waals surface area contributed by atoms with E-state index in [4.69, 9.17) is 5.73 Å². The molecule has 0 amide bonds. The molecule has 0 atom stereocenters. The van der Waals surface area contributed by atoms with E-state index in [9.17, 15) is 8.78 Å². The Morgan fingerprint density at radius 1 is 1.31 bits per heavy atom. The molecular formula is C13H17F2N. The Balaban J connectivity index is 2.45. The highest BCUT2D eigenvalue weighted by Crippen LogP contribution is 2.41. The fourth-order valence-corrected chi connectivity index (χ4v) is 2.10. The third kappa shape index (κ3) is 1.84. The Morgan fingerprint density at radius 2 is 1.94 bits per heavy atom. The molecule has 2 N–H and O–H groups in total. The van der Waals surface area contributed by atoms with E-state index in [-0.39, 0.29) is 5.82 Å². The standard InChI is InChI=1S/C13H17F2N/c1-12(2,15)9-4-5-11(14)10(8-9)13(16)6-3-7-13/h4-5,8H,3,6-7,16H2,1-2H3. The van der Waals surface area contributed by atoms with Gasteiger partial charge < -0.3 is 5.73 Å². The molecule has 1 nitrogen and oxygen atoms in total. The number of benzene rings is 1. The zero-order valence-corrected chi connectivity index (χ0v) is 9.69. The van der Waals surface area contributed by atoms with Gasteiger partial charge in [-0.25, -0.2) is 8.78 Å². The highest BCUT2D eigenvalue weighted by atomic mass is 19.1. The van der Waals surface area contributed by atoms with Crippen molar-refractivity contribution in [3.63, 3.8) is 0 Å². The molecule has 1 aliphatic rings. The summed E-state index contributed by atoms with van der Waals surface area (Å²) in [5, 5.41) is 0. The van der Waals surface area contributed by atoms with Gasteiger partial charge in [-0.1, -0.05) is 6.07 Å². The van der Waals surface area contributed by atoms with Crippen molar-refractivity contribution in [2.75, 3.05) is 0 Å². The molecule has 0 unspecified atom stereocenters. The molecule has 2 rings (SSSR count). The summed E-state index contributed by atoms with van der Waals surface area (Å²) in [4.78, 5) is 0. The Labute approximate surface area is 94.7 Å². The van der Waals surface area contributed by atoms with E-state index in [1.807, 2.05) is 0 Å². The van der Waals surface area contributed by atoms with Gasteiger partial charge in [-0.15, -0.1) is 0 Å². The number of halogens is 2. The smallest absolute Gasteiger partial charge is 0.130 e. The molecule has 0 radical (unpaired) electrons. The van der Waals surface area contributed by atoms with E-state index < -0.39 is 11.2 Å². The maximum absolute atomic E-state index is 13.8. The van der Waals surface area contributed by atoms with Crippen molar-refractivity contribution >= 4 is 0 Å². The van der Waals surface area contributed by atoms with Crippen molar-refractivity contribution in [3.8, 4) is 0 Å². The lowest BCUT2D eigenvalue weighted by molar-refractivity contribution is 0.217. The fraction of sp³-hybridized carbons (Fsp3) is 0.538. The van der Waals surface area contributed by atoms with Crippen LogP contribution in [-0.2, 0) is 11.2 Å². The second-order valence-electron chi connectivity index (χ2n) is 5.18. The molecule has 1 aromatic carbocycles. The van der Waals surface area contributed by atoms with E-state index in [1.165, 1.54) is 26.0 Å². The lowest BCUT2D eigenvalue weighted by Crippen LogP contribution is -2.44. The van der Waals surface area contributed by atoms with Crippen molar-refractivity contribution in [1.82, 2.24) is 0 Å². The molecule has 0 bridgehead atoms. The van der Waals surface area contributed by atoms with Gasteiger partial charge in [0.15, 0.2) is 0 Å². The number of nitrogens with two attached hydrogens (primary N) is 1. The zero-order valence-electron chi connectivity index (χ0n) is 9.69. The second kappa shape index (κ2) is 3.52. The zero-order chi connectivity index (χ0) is 12.0. The third-order valence-electron chi connectivity index (χ3n) is 3.44. The minimum atomic E-state index is -1.46. The van der Waals surface area contributed by atoms with Crippen molar-refractivity contribution < 1.29 is 8.78 Å². The van der Waals surface area contributed by atoms with Crippen LogP contribution in [0.4, 0.5) is 8.78 Å². The maximum atomic E-state index is 13.8. The third-order valence-corrected chi connectivity index (χ3v) is 3.44. The van der Waals surface area contributed by atoms with Crippen LogP contribution in [0.1, 0.15) is 44.2 Å². The van der Waals surface area contributed by atoms with Crippen LogP contribution in [0.5, 0.6) is 0 Å². The van der Waals surface area contributed by atoms with E-state index >= 15 is 0 Å². The van der Waals surface area contributed by atoms with Gasteiger partial charge in [-0.3, -0.25) is 0 Å². The summed E-state index contributed by atoms with van der Waals surface area (Å²) in [6.45, 7) is 2.93. The molecule has 16 heavy (non-hydrogen) atoms. The molecule has 0 spiro atoms. The van der Waals surface area contributed by atoms with Gasteiger partial charge in [0.05, 0.1) is 0 Å². The Kier molecular flexibility index (Phi) is 2.54. The van der Waals surface area contributed by atoms with Crippen LogP contribution in [-0.4, -0.2) is 0 Å². The monoisotopic (exact) mass is 225 g/mol. The number of rotatable bonds is 2. The SMILES string of the molecule is CC(C)(F)c1ccc(F)c(C2(N)CCC2)c1. The van der Waals surface area contributed by atoms with Gasteiger partial charge in [0.1, 0.15) is 11.5 Å². The molecular weight excluding hydrogens is 208 g/mol. The summed E-state index contributed by atoms with van der Waals surface area (Å²) >= 11 is 0. The Hall–Kier alpha value is -0.960. The van der Waals surface area contributed by atoms with Crippen molar-refractivity contribution in [2.45, 2.75) is 44.3 Å². The maximum Gasteiger partial charge on any atom is 0.130 e. The summed E-state index contributed by atoms with van der Waals surface area (Å²) in [6.07, 6.45) is 2.57. The minimum absolute atomic E-state index is 0.324. The van der Waals surface area contributed by atoms with E-state index in [0.717, 1.165) is 19.3 Å². The summed E-state index contributed by atoms with van der Waals surface area (Å²) in [7, 11) is 0. The predicted molar refractivity (Wildman–Crippen MR) is 60.3 cm³/mol. The normalized spacial score (nSPS) is 19.3. The van der Waals surface area contributed by atoms with Crippen LogP contribution >= 0.6 is 0 Å². The van der Waals surface area contributed by atoms with E-state index in [1.54, 1.807) is 6.07 Å². The highest BCUT2D eigenvalue weighted by Gasteiger charge is 2.37. The summed E-state index contributed by atoms with van der Waals surface area (Å²) in [6, 6.07) is 4.38. The molecule has 1 saturated carbocycles. The van der Waals surface area contributed by atoms with Gasteiger partial charge in [0.2, 0.25) is 0 Å². The van der Waals surface area contributed by atoms with Crippen LogP contribution < -0.4 is 5.73 Å². The first kappa shape index (κ1) is 11.5. The summed E-state index contributed by atoms with van der Waals surface area (Å²) in [5.41, 5.74) is 4.99. The molecule has 0 aliphatic heterocycles. The van der Waals surface area contributed by atoms with Crippen LogP contribution in [0.15, 0.2) is 18.2 Å². The highest BCUT2D eigenvalue weighted by molar-refractivity contribution is 5.34. The number of hydrogen-bond donors (Lipinski definition) is 1. The molecule has 1 fully saturated rings. The number of hydrogen-bond acceptors (Lipinski definition) is 1. The van der Waals surface area contributed by atoms with Gasteiger partial charge in [0.25, 0.3) is 0 Å². The lowest BCUT2D eigenvalue weighted by atomic mass is 9.72. The second-order valence-corrected chi connectivity index (χ2v) is 5.18. The van der Waals surface area contributed by atoms with E-state index in [0.29, 0.717) is 11.1 Å². The van der Waals surface area contributed by atoms with Crippen molar-refractivity contribution in [2.24, 2.45) is 5.73 Å². The topological polar surface area (TPSA) is 26.0 Å². The molecule has 88 valence electrons. The van der Waals surface area contributed by atoms with Crippen molar-refractivity contribution in [1.29, 1.82) is 0 Å². The van der Waals surface area contributed by atoms with Gasteiger partial charge in [0, 0.05) is 11.1 Å². The average molecular weight is 225 g/mol. The molecule has 0 aromatic heterocycles. The first-order valence-electron chi connectivity index (χ1n) is 5.61. The first-order chi connectivity index (χ1) is 7.33. The number of alkyl halides is 1. The van der Waals surface area contributed by atoms with Gasteiger partial charge in [-0.2, -0.15) is 0 Å². The van der Waals surface area contributed by atoms with Crippen molar-refractivity contribution in [3.05, 3.63) is 35.1 Å². The van der Waals surface area contributed by atoms with Crippen LogP contribution in [0, 0.1) is 5.82 Å². The van der Waals surface area contributed by atoms with Gasteiger partial charge >= 0.3 is 0 Å². The molecule has 0 heterocycles. The average Bonchev–Trinajstić information content (AvgIpc) is 2.13. The molecule has 1 aromatic rings. The Bertz CT molecular complexity index is 403. The van der Waals surface area contributed by atoms with E-state index in [2.05, 4.69) is 0 Å². The summed E-state index contributed by atoms with van der Waals surface area (Å²) < 4.78 is 27.5. The Morgan fingerprint density at radius 3 is 2.38 bits per heavy atom. The first-order valence-corrected chi connectivity index (χ1v) is 5.61. The quantitative estimate of drug-likeness (QED) is 0.820. The lowest BCUT2D eigenvalue weighted by Gasteiger charge is -2.39. The largest absolute Gasteiger partial charge is 0.321 e. The van der Waals surface area contributed by atoms with Crippen LogP contribution in [0.25, 0.3) is 0 Å². The summed E-state index contributed by atoms with van der Waals surface area (Å²) in [5.74, 6) is -0.324. The molecule has 1 aliphatic carbocycles. The fourth-order valence-electron chi connectivity index (χ4n) is 2.10. The van der Waals surface area contributed by atoms with Gasteiger partial charge in [-0.05, 0) is 50.8 Å².